The molecule has 3 amide bonds. The molecule has 7 nitrogen and oxygen atoms in total. The zero-order valence-electron chi connectivity index (χ0n) is 15.6. The summed E-state index contributed by atoms with van der Waals surface area (Å²) in [7, 11) is 0. The lowest BCUT2D eigenvalue weighted by Gasteiger charge is -2.27. The molecule has 0 saturated carbocycles. The largest absolute Gasteiger partial charge is 0.459 e. The number of imide groups is 1. The summed E-state index contributed by atoms with van der Waals surface area (Å²) in [6, 6.07) is 11.4. The zero-order chi connectivity index (χ0) is 20.7. The van der Waals surface area contributed by atoms with Crippen molar-refractivity contribution >= 4 is 45.3 Å². The predicted octanol–water partition coefficient (Wildman–Crippen LogP) is 2.57. The number of ether oxygens (including phenoxy) is 1. The summed E-state index contributed by atoms with van der Waals surface area (Å²) in [6.07, 6.45) is 0.410. The van der Waals surface area contributed by atoms with Gasteiger partial charge in [-0.2, -0.15) is 0 Å². The average molecular weight is 457 g/mol. The van der Waals surface area contributed by atoms with Gasteiger partial charge in [-0.3, -0.25) is 24.2 Å². The van der Waals surface area contributed by atoms with E-state index in [2.05, 4.69) is 15.9 Å². The number of hydrogen-bond acceptors (Lipinski definition) is 5. The van der Waals surface area contributed by atoms with Gasteiger partial charge in [-0.15, -0.1) is 0 Å². The number of carbonyl (C=O) groups is 4. The Kier molecular flexibility index (Phi) is 4.96. The van der Waals surface area contributed by atoms with Gasteiger partial charge < -0.3 is 4.74 Å². The number of esters is 1. The molecule has 0 fully saturated rings. The molecule has 2 heterocycles. The Labute approximate surface area is 175 Å². The first-order valence-corrected chi connectivity index (χ1v) is 9.95. The average Bonchev–Trinajstić information content (AvgIpc) is 3.18. The Bertz CT molecular complexity index is 1020. The van der Waals surface area contributed by atoms with Crippen LogP contribution >= 0.6 is 15.9 Å². The number of benzene rings is 2. The van der Waals surface area contributed by atoms with Crippen LogP contribution < -0.4 is 4.90 Å². The summed E-state index contributed by atoms with van der Waals surface area (Å²) in [5.41, 5.74) is 2.12. The molecule has 29 heavy (non-hydrogen) atoms. The highest BCUT2D eigenvalue weighted by molar-refractivity contribution is 9.10. The molecule has 0 bridgehead atoms. The third-order valence-corrected chi connectivity index (χ3v) is 5.56. The minimum Gasteiger partial charge on any atom is -0.459 e. The van der Waals surface area contributed by atoms with Gasteiger partial charge >= 0.3 is 11.9 Å². The number of anilines is 1. The van der Waals surface area contributed by atoms with E-state index in [4.69, 9.17) is 4.74 Å². The van der Waals surface area contributed by atoms with Gasteiger partial charge in [-0.05, 0) is 49.2 Å². The molecule has 0 aliphatic carbocycles. The van der Waals surface area contributed by atoms with Crippen molar-refractivity contribution in [2.24, 2.45) is 0 Å². The van der Waals surface area contributed by atoms with E-state index >= 15 is 0 Å². The summed E-state index contributed by atoms with van der Waals surface area (Å²) < 4.78 is 5.71. The normalized spacial score (nSPS) is 17.4. The van der Waals surface area contributed by atoms with Crippen LogP contribution in [0.5, 0.6) is 0 Å². The third-order valence-electron chi connectivity index (χ3n) is 5.06. The second-order valence-corrected chi connectivity index (χ2v) is 7.71. The van der Waals surface area contributed by atoms with Gasteiger partial charge in [0, 0.05) is 10.2 Å². The number of rotatable bonds is 3. The van der Waals surface area contributed by atoms with Crippen molar-refractivity contribution < 1.29 is 23.9 Å². The van der Waals surface area contributed by atoms with Gasteiger partial charge in [0.1, 0.15) is 0 Å². The van der Waals surface area contributed by atoms with E-state index in [9.17, 15) is 19.2 Å². The minimum atomic E-state index is -0.962. The summed E-state index contributed by atoms with van der Waals surface area (Å²) in [5.74, 6) is -2.57. The topological polar surface area (TPSA) is 84.0 Å². The van der Waals surface area contributed by atoms with E-state index in [1.807, 2.05) is 6.07 Å². The van der Waals surface area contributed by atoms with E-state index in [1.165, 1.54) is 4.90 Å². The first-order valence-electron chi connectivity index (χ1n) is 9.16. The van der Waals surface area contributed by atoms with Crippen LogP contribution in [0, 0.1) is 0 Å². The molecule has 4 rings (SSSR count). The van der Waals surface area contributed by atoms with Crippen LogP contribution in [0.3, 0.4) is 0 Å². The van der Waals surface area contributed by atoms with Crippen LogP contribution in [-0.2, 0) is 20.7 Å². The summed E-state index contributed by atoms with van der Waals surface area (Å²) in [5, 5.41) is 0. The molecule has 1 unspecified atom stereocenters. The highest BCUT2D eigenvalue weighted by Crippen LogP contribution is 2.36. The van der Waals surface area contributed by atoms with Crippen LogP contribution in [-0.4, -0.2) is 47.8 Å². The van der Waals surface area contributed by atoms with Gasteiger partial charge in [-0.25, -0.2) is 4.79 Å². The number of halogens is 1. The van der Waals surface area contributed by atoms with Crippen molar-refractivity contribution in [3.05, 3.63) is 63.6 Å². The molecule has 0 saturated heterocycles. The predicted molar refractivity (Wildman–Crippen MR) is 108 cm³/mol. The molecule has 0 spiro atoms. The van der Waals surface area contributed by atoms with E-state index in [0.717, 1.165) is 14.9 Å². The summed E-state index contributed by atoms with van der Waals surface area (Å²) in [4.78, 5) is 52.9. The number of amides is 3. The molecular formula is C21H17BrN2O5. The first kappa shape index (κ1) is 19.3. The van der Waals surface area contributed by atoms with E-state index < -0.39 is 29.7 Å². The van der Waals surface area contributed by atoms with Crippen molar-refractivity contribution in [2.75, 3.05) is 18.1 Å². The van der Waals surface area contributed by atoms with Gasteiger partial charge in [0.2, 0.25) is 0 Å². The van der Waals surface area contributed by atoms with E-state index in [1.54, 1.807) is 43.3 Å². The Hall–Kier alpha value is -3.00. The summed E-state index contributed by atoms with van der Waals surface area (Å²) in [6.45, 7) is 1.69. The number of nitrogens with zero attached hydrogens (tertiary/aromatic N) is 2. The van der Waals surface area contributed by atoms with Crippen molar-refractivity contribution in [2.45, 2.75) is 19.4 Å². The summed E-state index contributed by atoms with van der Waals surface area (Å²) >= 11 is 3.41. The van der Waals surface area contributed by atoms with Crippen LogP contribution in [0.25, 0.3) is 0 Å². The highest BCUT2D eigenvalue weighted by Gasteiger charge is 2.43. The molecule has 2 aliphatic heterocycles. The van der Waals surface area contributed by atoms with Crippen molar-refractivity contribution in [3.8, 4) is 0 Å². The molecule has 8 heteroatoms. The minimum absolute atomic E-state index is 0.0101. The van der Waals surface area contributed by atoms with Crippen molar-refractivity contribution in [3.63, 3.8) is 0 Å². The number of hydrogen-bond donors (Lipinski definition) is 0. The van der Waals surface area contributed by atoms with Gasteiger partial charge in [0.25, 0.3) is 11.8 Å². The third kappa shape index (κ3) is 3.23. The fourth-order valence-electron chi connectivity index (χ4n) is 3.82. The zero-order valence-corrected chi connectivity index (χ0v) is 17.1. The van der Waals surface area contributed by atoms with Crippen LogP contribution in [0.4, 0.5) is 5.69 Å². The smallest absolute Gasteiger partial charge is 0.397 e. The highest BCUT2D eigenvalue weighted by atomic mass is 79.9. The fourth-order valence-corrected chi connectivity index (χ4v) is 4.23. The Morgan fingerprint density at radius 2 is 1.76 bits per heavy atom. The lowest BCUT2D eigenvalue weighted by molar-refractivity contribution is -0.153. The van der Waals surface area contributed by atoms with E-state index in [-0.39, 0.29) is 13.2 Å². The quantitative estimate of drug-likeness (QED) is 0.402. The van der Waals surface area contributed by atoms with Crippen LogP contribution in [0.2, 0.25) is 0 Å². The molecule has 0 N–H and O–H groups in total. The Balaban J connectivity index is 1.66. The molecule has 2 aromatic carbocycles. The molecule has 1 atom stereocenters. The lowest BCUT2D eigenvalue weighted by atomic mass is 10.1. The SMILES string of the molecule is CCOC(=O)C(=O)N1c2ccc(Br)cc2CC1CN1C(=O)c2ccccc2C1=O. The standard InChI is InChI=1S/C21H17BrN2O5/c1-2-29-21(28)20(27)24-14(10-12-9-13(22)7-8-17(12)24)11-23-18(25)15-5-3-4-6-16(15)19(23)26/h3-9,14H,2,10-11H2,1H3. The molecule has 0 radical (unpaired) electrons. The van der Waals surface area contributed by atoms with Crippen molar-refractivity contribution in [1.82, 2.24) is 4.90 Å². The maximum absolute atomic E-state index is 12.8. The monoisotopic (exact) mass is 456 g/mol. The molecule has 2 aromatic rings. The second kappa shape index (κ2) is 7.44. The van der Waals surface area contributed by atoms with Crippen LogP contribution in [0.1, 0.15) is 33.2 Å². The molecule has 148 valence electrons. The van der Waals surface area contributed by atoms with Gasteiger partial charge in [-0.1, -0.05) is 28.1 Å². The molecular weight excluding hydrogens is 440 g/mol. The van der Waals surface area contributed by atoms with Crippen molar-refractivity contribution in [1.29, 1.82) is 0 Å². The fraction of sp³-hybridized carbons (Fsp3) is 0.238. The lowest BCUT2D eigenvalue weighted by Crippen LogP contribution is -2.49. The van der Waals surface area contributed by atoms with Crippen LogP contribution in [0.15, 0.2) is 46.9 Å². The van der Waals surface area contributed by atoms with Gasteiger partial charge in [0.05, 0.1) is 30.3 Å². The first-order chi connectivity index (χ1) is 13.9. The molecule has 0 aromatic heterocycles. The van der Waals surface area contributed by atoms with E-state index in [0.29, 0.717) is 23.2 Å². The number of carbonyl (C=O) groups excluding carboxylic acids is 4. The second-order valence-electron chi connectivity index (χ2n) is 6.79. The number of fused-ring (bicyclic) bond motifs is 2. The Morgan fingerprint density at radius 3 is 2.38 bits per heavy atom. The van der Waals surface area contributed by atoms with Gasteiger partial charge in [0.15, 0.2) is 0 Å². The Morgan fingerprint density at radius 1 is 1.10 bits per heavy atom. The maximum atomic E-state index is 12.8. The maximum Gasteiger partial charge on any atom is 0.397 e. The molecule has 2 aliphatic rings.